The molecule has 1 N–H and O–H groups in total. The second-order valence-corrected chi connectivity index (χ2v) is 4.87. The van der Waals surface area contributed by atoms with Crippen molar-refractivity contribution in [3.63, 3.8) is 0 Å². The van der Waals surface area contributed by atoms with Gasteiger partial charge in [-0.3, -0.25) is 9.69 Å². The van der Waals surface area contributed by atoms with Gasteiger partial charge in [-0.05, 0) is 31.2 Å². The van der Waals surface area contributed by atoms with E-state index in [1.54, 1.807) is 14.2 Å². The summed E-state index contributed by atoms with van der Waals surface area (Å²) in [6.07, 6.45) is 0.613. The molecule has 2 rings (SSSR count). The number of hydrogen-bond donors (Lipinski definition) is 1. The molecule has 5 heteroatoms. The minimum absolute atomic E-state index is 0.0881. The van der Waals surface area contributed by atoms with Gasteiger partial charge >= 0.3 is 5.97 Å². The van der Waals surface area contributed by atoms with Crippen LogP contribution in [0.1, 0.15) is 18.0 Å². The highest BCUT2D eigenvalue weighted by molar-refractivity contribution is 5.70. The number of aliphatic carboxylic acids is 1. The Kier molecular flexibility index (Phi) is 3.95. The van der Waals surface area contributed by atoms with E-state index in [0.717, 1.165) is 17.1 Å². The normalized spacial score (nSPS) is 23.3. The van der Waals surface area contributed by atoms with Gasteiger partial charge in [-0.15, -0.1) is 0 Å². The van der Waals surface area contributed by atoms with E-state index in [4.69, 9.17) is 14.6 Å². The second-order valence-electron chi connectivity index (χ2n) is 4.87. The molecule has 1 fully saturated rings. The molecule has 1 saturated heterocycles. The summed E-state index contributed by atoms with van der Waals surface area (Å²) >= 11 is 0. The fourth-order valence-electron chi connectivity index (χ4n) is 2.59. The van der Waals surface area contributed by atoms with Gasteiger partial charge in [-0.1, -0.05) is 0 Å². The molecule has 1 heterocycles. The smallest absolute Gasteiger partial charge is 0.307 e. The Bertz CT molecular complexity index is 452. The van der Waals surface area contributed by atoms with Crippen LogP contribution in [0.4, 0.5) is 0 Å². The van der Waals surface area contributed by atoms with Crippen LogP contribution in [0.3, 0.4) is 0 Å². The van der Waals surface area contributed by atoms with Gasteiger partial charge in [0.15, 0.2) is 0 Å². The van der Waals surface area contributed by atoms with Crippen LogP contribution in [-0.4, -0.2) is 43.8 Å². The Balaban J connectivity index is 2.28. The van der Waals surface area contributed by atoms with Crippen molar-refractivity contribution < 1.29 is 19.4 Å². The van der Waals surface area contributed by atoms with Gasteiger partial charge in [0.05, 0.1) is 20.1 Å². The third kappa shape index (κ3) is 2.81. The molecule has 1 aliphatic heterocycles. The lowest BCUT2D eigenvalue weighted by atomic mass is 9.99. The van der Waals surface area contributed by atoms with Crippen molar-refractivity contribution in [2.24, 2.45) is 5.92 Å². The first kappa shape index (κ1) is 13.7. The third-order valence-electron chi connectivity index (χ3n) is 3.66. The number of carboxylic acid groups (broad SMARTS) is 1. The maximum Gasteiger partial charge on any atom is 0.307 e. The number of carboxylic acids is 1. The van der Waals surface area contributed by atoms with E-state index in [0.29, 0.717) is 13.0 Å². The number of carbonyl (C=O) groups is 1. The number of nitrogens with zero attached hydrogens (tertiary/aromatic N) is 1. The summed E-state index contributed by atoms with van der Waals surface area (Å²) in [5.41, 5.74) is 1.03. The largest absolute Gasteiger partial charge is 0.497 e. The molecule has 0 amide bonds. The molecule has 0 bridgehead atoms. The minimum Gasteiger partial charge on any atom is -0.497 e. The Labute approximate surface area is 112 Å². The van der Waals surface area contributed by atoms with Crippen LogP contribution in [0.2, 0.25) is 0 Å². The van der Waals surface area contributed by atoms with Crippen LogP contribution in [0.5, 0.6) is 11.5 Å². The third-order valence-corrected chi connectivity index (χ3v) is 3.66. The van der Waals surface area contributed by atoms with Gasteiger partial charge < -0.3 is 14.6 Å². The number of methoxy groups -OCH3 is 2. The van der Waals surface area contributed by atoms with Crippen LogP contribution in [0, 0.1) is 5.92 Å². The van der Waals surface area contributed by atoms with Crippen molar-refractivity contribution in [2.75, 3.05) is 27.8 Å². The van der Waals surface area contributed by atoms with Crippen LogP contribution in [0.25, 0.3) is 0 Å². The summed E-state index contributed by atoms with van der Waals surface area (Å²) in [4.78, 5) is 13.2. The van der Waals surface area contributed by atoms with Crippen molar-refractivity contribution >= 4 is 5.97 Å². The van der Waals surface area contributed by atoms with Gasteiger partial charge in [0.1, 0.15) is 11.5 Å². The highest BCUT2D eigenvalue weighted by atomic mass is 16.5. The van der Waals surface area contributed by atoms with Crippen molar-refractivity contribution in [3.05, 3.63) is 23.8 Å². The maximum atomic E-state index is 11.1. The summed E-state index contributed by atoms with van der Waals surface area (Å²) in [6, 6.07) is 5.78. The fraction of sp³-hybridized carbons (Fsp3) is 0.500. The summed E-state index contributed by atoms with van der Waals surface area (Å²) < 4.78 is 10.5. The van der Waals surface area contributed by atoms with Gasteiger partial charge in [0.2, 0.25) is 0 Å². The molecule has 104 valence electrons. The zero-order chi connectivity index (χ0) is 14.0. The summed E-state index contributed by atoms with van der Waals surface area (Å²) in [6.45, 7) is 0.569. The molecule has 0 aliphatic carbocycles. The fourth-order valence-corrected chi connectivity index (χ4v) is 2.59. The molecule has 0 spiro atoms. The van der Waals surface area contributed by atoms with Crippen molar-refractivity contribution in [2.45, 2.75) is 12.5 Å². The van der Waals surface area contributed by atoms with Crippen molar-refractivity contribution in [3.8, 4) is 11.5 Å². The number of hydrogen-bond acceptors (Lipinski definition) is 4. The molecule has 0 aromatic heterocycles. The van der Waals surface area contributed by atoms with Gasteiger partial charge in [0.25, 0.3) is 0 Å². The van der Waals surface area contributed by atoms with E-state index < -0.39 is 5.97 Å². The van der Waals surface area contributed by atoms with Gasteiger partial charge in [-0.25, -0.2) is 0 Å². The van der Waals surface area contributed by atoms with Crippen LogP contribution >= 0.6 is 0 Å². The zero-order valence-corrected chi connectivity index (χ0v) is 11.4. The van der Waals surface area contributed by atoms with E-state index in [9.17, 15) is 4.79 Å². The predicted octanol–water partition coefficient (Wildman–Crippen LogP) is 1.78. The molecule has 19 heavy (non-hydrogen) atoms. The lowest BCUT2D eigenvalue weighted by Crippen LogP contribution is -2.20. The van der Waals surface area contributed by atoms with Crippen LogP contribution < -0.4 is 9.47 Å². The number of benzene rings is 1. The van der Waals surface area contributed by atoms with E-state index >= 15 is 0 Å². The number of rotatable bonds is 4. The molecule has 0 radical (unpaired) electrons. The predicted molar refractivity (Wildman–Crippen MR) is 70.7 cm³/mol. The first-order valence-electron chi connectivity index (χ1n) is 6.21. The lowest BCUT2D eigenvalue weighted by molar-refractivity contribution is -0.141. The second kappa shape index (κ2) is 5.48. The highest BCUT2D eigenvalue weighted by Gasteiger charge is 2.35. The first-order valence-corrected chi connectivity index (χ1v) is 6.21. The number of ether oxygens (including phenoxy) is 2. The topological polar surface area (TPSA) is 59.0 Å². The Hall–Kier alpha value is -1.75. The van der Waals surface area contributed by atoms with Crippen molar-refractivity contribution in [1.29, 1.82) is 0 Å². The van der Waals surface area contributed by atoms with Gasteiger partial charge in [0, 0.05) is 18.7 Å². The SMILES string of the molecule is COc1cc(OC)cc([C@H]2C[C@H](C(=O)O)CN2C)c1. The molecule has 1 aromatic carbocycles. The average Bonchev–Trinajstić information content (AvgIpc) is 2.80. The van der Waals surface area contributed by atoms with Crippen LogP contribution in [-0.2, 0) is 4.79 Å². The molecule has 2 atom stereocenters. The summed E-state index contributed by atoms with van der Waals surface area (Å²) in [7, 11) is 5.16. The lowest BCUT2D eigenvalue weighted by Gasteiger charge is -2.20. The van der Waals surface area contributed by atoms with Crippen LogP contribution in [0.15, 0.2) is 18.2 Å². The minimum atomic E-state index is -0.732. The Morgan fingerprint density at radius 1 is 1.26 bits per heavy atom. The quantitative estimate of drug-likeness (QED) is 0.899. The van der Waals surface area contributed by atoms with E-state index in [1.165, 1.54) is 0 Å². The van der Waals surface area contributed by atoms with E-state index in [1.807, 2.05) is 25.2 Å². The zero-order valence-electron chi connectivity index (χ0n) is 11.4. The monoisotopic (exact) mass is 265 g/mol. The highest BCUT2D eigenvalue weighted by Crippen LogP contribution is 2.37. The first-order chi connectivity index (χ1) is 9.05. The molecule has 0 saturated carbocycles. The molecule has 0 unspecified atom stereocenters. The molecular weight excluding hydrogens is 246 g/mol. The molecule has 1 aliphatic rings. The van der Waals surface area contributed by atoms with E-state index in [2.05, 4.69) is 4.90 Å². The summed E-state index contributed by atoms with van der Waals surface area (Å²) in [5, 5.41) is 9.12. The number of likely N-dealkylation sites (tertiary alicyclic amines) is 1. The van der Waals surface area contributed by atoms with Crippen molar-refractivity contribution in [1.82, 2.24) is 4.90 Å². The Morgan fingerprint density at radius 2 is 1.84 bits per heavy atom. The maximum absolute atomic E-state index is 11.1. The Morgan fingerprint density at radius 3 is 2.26 bits per heavy atom. The average molecular weight is 265 g/mol. The molecular formula is C14H19NO4. The summed E-state index contributed by atoms with van der Waals surface area (Å²) in [5.74, 6) is 0.402. The van der Waals surface area contributed by atoms with E-state index in [-0.39, 0.29) is 12.0 Å². The van der Waals surface area contributed by atoms with Gasteiger partial charge in [-0.2, -0.15) is 0 Å². The molecule has 5 nitrogen and oxygen atoms in total. The molecule has 1 aromatic rings. The standard InChI is InChI=1S/C14H19NO4/c1-15-8-10(14(16)17)6-13(15)9-4-11(18-2)7-12(5-9)19-3/h4-5,7,10,13H,6,8H2,1-3H3,(H,16,17)/t10-,13+/m0/s1.